The van der Waals surface area contributed by atoms with E-state index in [0.717, 1.165) is 5.39 Å². The average molecular weight is 286 g/mol. The van der Waals surface area contributed by atoms with E-state index in [9.17, 15) is 9.59 Å². The Kier molecular flexibility index (Phi) is 3.93. The molecular weight excluding hydrogens is 268 g/mol. The molecule has 0 spiro atoms. The molecule has 0 fully saturated rings. The van der Waals surface area contributed by atoms with E-state index in [0.29, 0.717) is 11.1 Å². The average Bonchev–Trinajstić information content (AvgIpc) is 2.42. The molecular formula is C16H18N2O3. The van der Waals surface area contributed by atoms with Crippen molar-refractivity contribution in [3.8, 4) is 0 Å². The fourth-order valence-corrected chi connectivity index (χ4v) is 2.18. The van der Waals surface area contributed by atoms with Gasteiger partial charge in [0.25, 0.3) is 5.91 Å². The number of nitrogens with zero attached hydrogens (tertiary/aromatic N) is 2. The van der Waals surface area contributed by atoms with Gasteiger partial charge in [-0.1, -0.05) is 12.1 Å². The number of carbonyl (C=O) groups excluding carboxylic acids is 1. The number of amides is 1. The second-order valence-corrected chi connectivity index (χ2v) is 5.83. The van der Waals surface area contributed by atoms with Crippen LogP contribution in [0.3, 0.4) is 0 Å². The van der Waals surface area contributed by atoms with Gasteiger partial charge in [-0.3, -0.25) is 14.6 Å². The Balaban J connectivity index is 2.51. The van der Waals surface area contributed by atoms with Crippen LogP contribution in [0, 0.1) is 0 Å². The first-order chi connectivity index (χ1) is 9.80. The van der Waals surface area contributed by atoms with Gasteiger partial charge in [0.15, 0.2) is 0 Å². The summed E-state index contributed by atoms with van der Waals surface area (Å²) < 4.78 is 0. The van der Waals surface area contributed by atoms with E-state index in [4.69, 9.17) is 5.11 Å². The maximum atomic E-state index is 12.8. The van der Waals surface area contributed by atoms with Crippen LogP contribution in [-0.4, -0.2) is 39.0 Å². The molecule has 0 aliphatic heterocycles. The summed E-state index contributed by atoms with van der Waals surface area (Å²) in [6, 6.07) is 8.86. The Labute approximate surface area is 123 Å². The van der Waals surface area contributed by atoms with Gasteiger partial charge in [0.05, 0.1) is 5.52 Å². The zero-order valence-corrected chi connectivity index (χ0v) is 12.3. The molecule has 0 saturated carbocycles. The topological polar surface area (TPSA) is 70.5 Å². The van der Waals surface area contributed by atoms with E-state index in [1.54, 1.807) is 24.4 Å². The fraction of sp³-hybridized carbons (Fsp3) is 0.312. The number of fused-ring (bicyclic) bond motifs is 1. The molecule has 1 heterocycles. The zero-order valence-electron chi connectivity index (χ0n) is 12.3. The second kappa shape index (κ2) is 5.52. The Bertz CT molecular complexity index is 684. The number of aromatic nitrogens is 1. The maximum Gasteiger partial charge on any atom is 0.323 e. The number of hydrogen-bond donors (Lipinski definition) is 1. The van der Waals surface area contributed by atoms with Crippen molar-refractivity contribution in [3.05, 3.63) is 42.1 Å². The van der Waals surface area contributed by atoms with Crippen LogP contribution in [0.1, 0.15) is 31.1 Å². The first-order valence-electron chi connectivity index (χ1n) is 6.68. The van der Waals surface area contributed by atoms with Gasteiger partial charge in [0, 0.05) is 22.7 Å². The van der Waals surface area contributed by atoms with Crippen LogP contribution in [0.5, 0.6) is 0 Å². The lowest BCUT2D eigenvalue weighted by atomic mass is 10.0. The van der Waals surface area contributed by atoms with Crippen LogP contribution in [0.2, 0.25) is 0 Å². The van der Waals surface area contributed by atoms with Crippen molar-refractivity contribution in [2.45, 2.75) is 26.3 Å². The van der Waals surface area contributed by atoms with Crippen LogP contribution in [0.25, 0.3) is 10.9 Å². The first-order valence-corrected chi connectivity index (χ1v) is 6.68. The van der Waals surface area contributed by atoms with Crippen molar-refractivity contribution < 1.29 is 14.7 Å². The first kappa shape index (κ1) is 15.0. The van der Waals surface area contributed by atoms with E-state index in [1.807, 2.05) is 32.9 Å². The molecule has 21 heavy (non-hydrogen) atoms. The van der Waals surface area contributed by atoms with Crippen LogP contribution >= 0.6 is 0 Å². The van der Waals surface area contributed by atoms with Crippen LogP contribution in [0.15, 0.2) is 36.5 Å². The fourth-order valence-electron chi connectivity index (χ4n) is 2.18. The molecule has 1 aromatic heterocycles. The van der Waals surface area contributed by atoms with Gasteiger partial charge < -0.3 is 10.0 Å². The number of carboxylic acid groups (broad SMARTS) is 1. The van der Waals surface area contributed by atoms with Gasteiger partial charge in [-0.2, -0.15) is 0 Å². The van der Waals surface area contributed by atoms with E-state index in [-0.39, 0.29) is 12.5 Å². The van der Waals surface area contributed by atoms with Crippen molar-refractivity contribution >= 4 is 22.8 Å². The summed E-state index contributed by atoms with van der Waals surface area (Å²) >= 11 is 0. The summed E-state index contributed by atoms with van der Waals surface area (Å²) in [6.45, 7) is 5.12. The van der Waals surface area contributed by atoms with Crippen molar-refractivity contribution in [1.29, 1.82) is 0 Å². The molecule has 0 aliphatic rings. The lowest BCUT2D eigenvalue weighted by Gasteiger charge is -2.34. The smallest absolute Gasteiger partial charge is 0.323 e. The standard InChI is InChI=1S/C16H18N2O3/c1-16(2,3)18(10-14(19)20)15(21)12-6-4-8-13-11(12)7-5-9-17-13/h4-9H,10H2,1-3H3,(H,19,20). The molecule has 1 aromatic carbocycles. The van der Waals surface area contributed by atoms with Crippen molar-refractivity contribution in [1.82, 2.24) is 9.88 Å². The molecule has 0 atom stereocenters. The molecule has 2 aromatic rings. The molecule has 110 valence electrons. The summed E-state index contributed by atoms with van der Waals surface area (Å²) in [5.41, 5.74) is 0.601. The number of pyridine rings is 1. The molecule has 2 rings (SSSR count). The highest BCUT2D eigenvalue weighted by Gasteiger charge is 2.30. The second-order valence-electron chi connectivity index (χ2n) is 5.83. The van der Waals surface area contributed by atoms with Crippen LogP contribution in [-0.2, 0) is 4.79 Å². The zero-order chi connectivity index (χ0) is 15.6. The maximum absolute atomic E-state index is 12.8. The summed E-state index contributed by atoms with van der Waals surface area (Å²) in [6.07, 6.45) is 1.66. The molecule has 5 nitrogen and oxygen atoms in total. The molecule has 0 bridgehead atoms. The predicted molar refractivity (Wildman–Crippen MR) is 80.2 cm³/mol. The lowest BCUT2D eigenvalue weighted by Crippen LogP contribution is -2.48. The van der Waals surface area contributed by atoms with Crippen molar-refractivity contribution in [3.63, 3.8) is 0 Å². The van der Waals surface area contributed by atoms with Gasteiger partial charge in [-0.05, 0) is 39.0 Å². The van der Waals surface area contributed by atoms with Crippen LogP contribution < -0.4 is 0 Å². The normalized spacial score (nSPS) is 11.4. The third-order valence-corrected chi connectivity index (χ3v) is 3.22. The van der Waals surface area contributed by atoms with Gasteiger partial charge >= 0.3 is 5.97 Å². The number of benzene rings is 1. The number of aliphatic carboxylic acids is 1. The summed E-state index contributed by atoms with van der Waals surface area (Å²) in [5, 5.41) is 9.78. The SMILES string of the molecule is CC(C)(C)N(CC(=O)O)C(=O)c1cccc2ncccc12. The Hall–Kier alpha value is -2.43. The van der Waals surface area contributed by atoms with E-state index >= 15 is 0 Å². The number of carbonyl (C=O) groups is 2. The highest BCUT2D eigenvalue weighted by molar-refractivity contribution is 6.07. The monoisotopic (exact) mass is 286 g/mol. The predicted octanol–water partition coefficient (Wildman–Crippen LogP) is 2.56. The van der Waals surface area contributed by atoms with Gasteiger partial charge in [-0.15, -0.1) is 0 Å². The molecule has 1 N–H and O–H groups in total. The van der Waals surface area contributed by atoms with Crippen molar-refractivity contribution in [2.75, 3.05) is 6.54 Å². The van der Waals surface area contributed by atoms with Crippen LogP contribution in [0.4, 0.5) is 0 Å². The van der Waals surface area contributed by atoms with E-state index < -0.39 is 11.5 Å². The summed E-state index contributed by atoms with van der Waals surface area (Å²) in [7, 11) is 0. The third kappa shape index (κ3) is 3.18. The van der Waals surface area contributed by atoms with Gasteiger partial charge in [0.2, 0.25) is 0 Å². The van der Waals surface area contributed by atoms with Gasteiger partial charge in [-0.25, -0.2) is 0 Å². The molecule has 5 heteroatoms. The minimum absolute atomic E-state index is 0.302. The van der Waals surface area contributed by atoms with E-state index in [1.165, 1.54) is 4.90 Å². The largest absolute Gasteiger partial charge is 0.480 e. The number of hydrogen-bond acceptors (Lipinski definition) is 3. The minimum Gasteiger partial charge on any atom is -0.480 e. The Morgan fingerprint density at radius 2 is 1.90 bits per heavy atom. The molecule has 0 radical (unpaired) electrons. The third-order valence-electron chi connectivity index (χ3n) is 3.22. The summed E-state index contributed by atoms with van der Waals surface area (Å²) in [5.74, 6) is -1.33. The van der Waals surface area contributed by atoms with E-state index in [2.05, 4.69) is 4.98 Å². The highest BCUT2D eigenvalue weighted by atomic mass is 16.4. The molecule has 0 aliphatic carbocycles. The highest BCUT2D eigenvalue weighted by Crippen LogP contribution is 2.22. The molecule has 0 unspecified atom stereocenters. The number of rotatable bonds is 3. The number of carboxylic acids is 1. The summed E-state index contributed by atoms with van der Waals surface area (Å²) in [4.78, 5) is 29.4. The molecule has 1 amide bonds. The lowest BCUT2D eigenvalue weighted by molar-refractivity contribution is -0.138. The Morgan fingerprint density at radius 3 is 2.52 bits per heavy atom. The quantitative estimate of drug-likeness (QED) is 0.941. The minimum atomic E-state index is -1.03. The van der Waals surface area contributed by atoms with Gasteiger partial charge in [0.1, 0.15) is 6.54 Å². The Morgan fingerprint density at radius 1 is 1.19 bits per heavy atom. The molecule has 0 saturated heterocycles. The van der Waals surface area contributed by atoms with Crippen molar-refractivity contribution in [2.24, 2.45) is 0 Å².